The lowest BCUT2D eigenvalue weighted by atomic mass is 10.1. The highest BCUT2D eigenvalue weighted by Crippen LogP contribution is 2.34. The fraction of sp³-hybridized carbons (Fsp3) is 0.150. The Hall–Kier alpha value is -3.41. The number of carbonyl (C=O) groups excluding carboxylic acids is 2. The zero-order valence-electron chi connectivity index (χ0n) is 14.2. The molecule has 2 aromatic heterocycles. The number of carbonyl (C=O) groups is 2. The van der Waals surface area contributed by atoms with Crippen LogP contribution in [0.3, 0.4) is 0 Å². The van der Waals surface area contributed by atoms with Crippen molar-refractivity contribution in [3.8, 4) is 0 Å². The molecule has 0 spiro atoms. The molecule has 1 aliphatic heterocycles. The topological polar surface area (TPSA) is 75.4 Å². The number of fused-ring (bicyclic) bond motifs is 1. The van der Waals surface area contributed by atoms with Crippen LogP contribution in [0.5, 0.6) is 0 Å². The fourth-order valence-corrected chi connectivity index (χ4v) is 3.10. The molecule has 1 N–H and O–H groups in total. The van der Waals surface area contributed by atoms with Crippen molar-refractivity contribution < 1.29 is 14.0 Å². The first kappa shape index (κ1) is 16.1. The van der Waals surface area contributed by atoms with Gasteiger partial charge in [-0.25, -0.2) is 0 Å². The molecule has 130 valence electrons. The van der Waals surface area contributed by atoms with E-state index in [4.69, 9.17) is 4.42 Å². The molecule has 1 amide bonds. The first-order valence-corrected chi connectivity index (χ1v) is 8.29. The number of benzene rings is 1. The van der Waals surface area contributed by atoms with Crippen LogP contribution in [0.4, 0.5) is 5.69 Å². The molecule has 0 unspecified atom stereocenters. The van der Waals surface area contributed by atoms with Crippen LogP contribution in [0.25, 0.3) is 0 Å². The van der Waals surface area contributed by atoms with Crippen molar-refractivity contribution in [2.24, 2.45) is 0 Å². The van der Waals surface area contributed by atoms with E-state index in [-0.39, 0.29) is 11.7 Å². The van der Waals surface area contributed by atoms with E-state index in [9.17, 15) is 9.59 Å². The van der Waals surface area contributed by atoms with E-state index in [1.54, 1.807) is 47.7 Å². The molecule has 26 heavy (non-hydrogen) atoms. The maximum absolute atomic E-state index is 12.8. The van der Waals surface area contributed by atoms with Crippen LogP contribution in [0.1, 0.15) is 45.3 Å². The molecule has 3 heterocycles. The maximum Gasteiger partial charge on any atom is 0.258 e. The number of aromatic nitrogens is 1. The predicted molar refractivity (Wildman–Crippen MR) is 95.6 cm³/mol. The fourth-order valence-electron chi connectivity index (χ4n) is 3.10. The monoisotopic (exact) mass is 347 g/mol. The van der Waals surface area contributed by atoms with Crippen molar-refractivity contribution in [2.75, 3.05) is 5.32 Å². The van der Waals surface area contributed by atoms with Crippen LogP contribution >= 0.6 is 0 Å². The first-order chi connectivity index (χ1) is 12.6. The molecule has 1 aromatic carbocycles. The van der Waals surface area contributed by atoms with Crippen LogP contribution < -0.4 is 5.32 Å². The number of Topliss-reactive ketones (excluding diaryl/α,β-unsaturated/α-hetero) is 1. The maximum atomic E-state index is 12.8. The largest absolute Gasteiger partial charge is 0.467 e. The number of rotatable bonds is 5. The Labute approximate surface area is 150 Å². The Kier molecular flexibility index (Phi) is 4.01. The molecule has 0 fully saturated rings. The van der Waals surface area contributed by atoms with Gasteiger partial charge in [0.25, 0.3) is 5.91 Å². The molecule has 6 heteroatoms. The number of ketones is 1. The van der Waals surface area contributed by atoms with E-state index in [0.29, 0.717) is 29.1 Å². The lowest BCUT2D eigenvalue weighted by molar-refractivity contribution is 0.0714. The molecule has 1 atom stereocenters. The average Bonchev–Trinajstić information content (AvgIpc) is 3.25. The van der Waals surface area contributed by atoms with Gasteiger partial charge in [-0.3, -0.25) is 14.6 Å². The van der Waals surface area contributed by atoms with E-state index in [2.05, 4.69) is 10.3 Å². The van der Waals surface area contributed by atoms with Gasteiger partial charge in [-0.2, -0.15) is 0 Å². The minimum atomic E-state index is -0.439. The molecule has 0 aliphatic carbocycles. The van der Waals surface area contributed by atoms with E-state index in [1.165, 1.54) is 6.92 Å². The number of anilines is 1. The normalized spacial score (nSPS) is 15.8. The van der Waals surface area contributed by atoms with Gasteiger partial charge in [-0.05, 0) is 43.3 Å². The highest BCUT2D eigenvalue weighted by atomic mass is 16.3. The number of furan rings is 1. The average molecular weight is 347 g/mol. The van der Waals surface area contributed by atoms with Crippen molar-refractivity contribution in [3.05, 3.63) is 83.6 Å². The van der Waals surface area contributed by atoms with Crippen molar-refractivity contribution >= 4 is 17.4 Å². The first-order valence-electron chi connectivity index (χ1n) is 8.29. The molecule has 6 nitrogen and oxygen atoms in total. The highest BCUT2D eigenvalue weighted by molar-refractivity contribution is 5.99. The van der Waals surface area contributed by atoms with Crippen LogP contribution in [0.15, 0.2) is 65.4 Å². The number of nitrogens with one attached hydrogen (secondary N) is 1. The van der Waals surface area contributed by atoms with Crippen LogP contribution in [-0.4, -0.2) is 21.6 Å². The summed E-state index contributed by atoms with van der Waals surface area (Å²) in [5.41, 5.74) is 2.59. The third-order valence-corrected chi connectivity index (χ3v) is 4.38. The van der Waals surface area contributed by atoms with Gasteiger partial charge in [-0.1, -0.05) is 12.1 Å². The van der Waals surface area contributed by atoms with Gasteiger partial charge in [0.15, 0.2) is 5.78 Å². The highest BCUT2D eigenvalue weighted by Gasteiger charge is 2.38. The van der Waals surface area contributed by atoms with Gasteiger partial charge in [0.2, 0.25) is 0 Å². The Morgan fingerprint density at radius 3 is 2.88 bits per heavy atom. The number of hydrogen-bond donors (Lipinski definition) is 1. The number of hydrogen-bond acceptors (Lipinski definition) is 5. The summed E-state index contributed by atoms with van der Waals surface area (Å²) in [4.78, 5) is 30.6. The third-order valence-electron chi connectivity index (χ3n) is 4.38. The smallest absolute Gasteiger partial charge is 0.258 e. The quantitative estimate of drug-likeness (QED) is 0.713. The molecule has 0 saturated carbocycles. The lowest BCUT2D eigenvalue weighted by Gasteiger charge is -2.25. The van der Waals surface area contributed by atoms with E-state index < -0.39 is 6.17 Å². The van der Waals surface area contributed by atoms with Gasteiger partial charge in [-0.15, -0.1) is 0 Å². The number of amides is 1. The molecule has 0 bridgehead atoms. The summed E-state index contributed by atoms with van der Waals surface area (Å²) in [6.07, 6.45) is 2.81. The van der Waals surface area contributed by atoms with Crippen molar-refractivity contribution in [1.29, 1.82) is 0 Å². The summed E-state index contributed by atoms with van der Waals surface area (Å²) in [6.45, 7) is 1.85. The summed E-state index contributed by atoms with van der Waals surface area (Å²) in [5, 5.41) is 3.33. The zero-order chi connectivity index (χ0) is 18.1. The molecule has 0 radical (unpaired) electrons. The zero-order valence-corrected chi connectivity index (χ0v) is 14.2. The van der Waals surface area contributed by atoms with Gasteiger partial charge in [0, 0.05) is 17.4 Å². The van der Waals surface area contributed by atoms with Gasteiger partial charge in [0.05, 0.1) is 24.1 Å². The Morgan fingerprint density at radius 1 is 1.23 bits per heavy atom. The second-order valence-electron chi connectivity index (χ2n) is 6.13. The molecule has 1 aliphatic rings. The molecule has 4 rings (SSSR count). The lowest BCUT2D eigenvalue weighted by Crippen LogP contribution is -2.32. The minimum Gasteiger partial charge on any atom is -0.467 e. The second-order valence-corrected chi connectivity index (χ2v) is 6.13. The van der Waals surface area contributed by atoms with Crippen LogP contribution in [-0.2, 0) is 6.54 Å². The van der Waals surface area contributed by atoms with Crippen molar-refractivity contribution in [2.45, 2.75) is 19.6 Å². The third kappa shape index (κ3) is 2.86. The molecular formula is C20H17N3O3. The van der Waals surface area contributed by atoms with E-state index in [0.717, 1.165) is 5.69 Å². The summed E-state index contributed by atoms with van der Waals surface area (Å²) in [7, 11) is 0. The Bertz CT molecular complexity index is 966. The van der Waals surface area contributed by atoms with Crippen LogP contribution in [0, 0.1) is 0 Å². The standard InChI is InChI=1S/C20H17N3O3/c1-13(24)14-5-2-6-15(11-14)22-19-18-17(8-3-9-21-18)20(25)23(19)12-16-7-4-10-26-16/h2-11,19,22H,12H2,1H3/t19-/m1/s1. The van der Waals surface area contributed by atoms with Gasteiger partial charge < -0.3 is 14.6 Å². The summed E-state index contributed by atoms with van der Waals surface area (Å²) < 4.78 is 5.40. The molecule has 3 aromatic rings. The van der Waals surface area contributed by atoms with Crippen molar-refractivity contribution in [1.82, 2.24) is 9.88 Å². The minimum absolute atomic E-state index is 0.0119. The summed E-state index contributed by atoms with van der Waals surface area (Å²) in [6, 6.07) is 14.4. The SMILES string of the molecule is CC(=O)c1cccc(N[C@H]2c3ncccc3C(=O)N2Cc2ccco2)c1. The van der Waals surface area contributed by atoms with Crippen molar-refractivity contribution in [3.63, 3.8) is 0 Å². The Morgan fingerprint density at radius 2 is 2.12 bits per heavy atom. The van der Waals surface area contributed by atoms with Gasteiger partial charge >= 0.3 is 0 Å². The summed E-state index contributed by atoms with van der Waals surface area (Å²) >= 11 is 0. The molecular weight excluding hydrogens is 330 g/mol. The molecule has 0 saturated heterocycles. The van der Waals surface area contributed by atoms with Crippen LogP contribution in [0.2, 0.25) is 0 Å². The van der Waals surface area contributed by atoms with E-state index in [1.807, 2.05) is 18.2 Å². The summed E-state index contributed by atoms with van der Waals surface area (Å²) in [5.74, 6) is 0.572. The Balaban J connectivity index is 1.69. The van der Waals surface area contributed by atoms with Gasteiger partial charge in [0.1, 0.15) is 11.9 Å². The number of pyridine rings is 1. The number of nitrogens with zero attached hydrogens (tertiary/aromatic N) is 2. The second kappa shape index (κ2) is 6.48. The van der Waals surface area contributed by atoms with E-state index >= 15 is 0 Å². The predicted octanol–water partition coefficient (Wildman–Crippen LogP) is 3.64.